The first-order valence-corrected chi connectivity index (χ1v) is 7.88. The first-order chi connectivity index (χ1) is 7.91. The molecular formula is C11H19NO3S2. The summed E-state index contributed by atoms with van der Waals surface area (Å²) in [6, 6.07) is 1.53. The van der Waals surface area contributed by atoms with Crippen LogP contribution in [0.2, 0.25) is 0 Å². The van der Waals surface area contributed by atoms with Gasteiger partial charge in [-0.15, -0.1) is 11.3 Å². The molecule has 0 amide bonds. The highest BCUT2D eigenvalue weighted by Gasteiger charge is 2.23. The molecule has 0 saturated heterocycles. The molecule has 1 heterocycles. The van der Waals surface area contributed by atoms with Gasteiger partial charge in [0.25, 0.3) is 0 Å². The van der Waals surface area contributed by atoms with Crippen molar-refractivity contribution in [2.24, 2.45) is 5.92 Å². The van der Waals surface area contributed by atoms with Crippen LogP contribution in [0.3, 0.4) is 0 Å². The zero-order valence-corrected chi connectivity index (χ0v) is 12.0. The lowest BCUT2D eigenvalue weighted by Crippen LogP contribution is -2.30. The Morgan fingerprint density at radius 2 is 2.18 bits per heavy atom. The normalized spacial score (nSPS) is 14.2. The maximum absolute atomic E-state index is 12.2. The third-order valence-electron chi connectivity index (χ3n) is 2.76. The van der Waals surface area contributed by atoms with Crippen molar-refractivity contribution in [1.82, 2.24) is 4.31 Å². The van der Waals surface area contributed by atoms with Gasteiger partial charge in [-0.3, -0.25) is 0 Å². The fourth-order valence-electron chi connectivity index (χ4n) is 1.42. The van der Waals surface area contributed by atoms with Gasteiger partial charge in [0.1, 0.15) is 0 Å². The lowest BCUT2D eigenvalue weighted by molar-refractivity contribution is 0.285. The van der Waals surface area contributed by atoms with E-state index in [0.717, 1.165) is 6.42 Å². The fourth-order valence-corrected chi connectivity index (χ4v) is 3.84. The molecule has 6 heteroatoms. The van der Waals surface area contributed by atoms with Crippen LogP contribution >= 0.6 is 11.3 Å². The number of aliphatic hydroxyl groups is 1. The predicted octanol–water partition coefficient (Wildman–Crippen LogP) is 1.91. The van der Waals surface area contributed by atoms with Crippen LogP contribution in [0, 0.1) is 5.92 Å². The van der Waals surface area contributed by atoms with Crippen LogP contribution in [-0.4, -0.2) is 31.4 Å². The van der Waals surface area contributed by atoms with Gasteiger partial charge in [0.05, 0.1) is 11.5 Å². The van der Waals surface area contributed by atoms with Crippen LogP contribution < -0.4 is 0 Å². The molecule has 0 aliphatic carbocycles. The van der Waals surface area contributed by atoms with Crippen molar-refractivity contribution in [3.05, 3.63) is 16.3 Å². The van der Waals surface area contributed by atoms with E-state index in [1.807, 2.05) is 13.8 Å². The van der Waals surface area contributed by atoms with E-state index in [-0.39, 0.29) is 11.5 Å². The average Bonchev–Trinajstić information content (AvgIpc) is 2.77. The van der Waals surface area contributed by atoms with E-state index in [1.165, 1.54) is 21.7 Å². The van der Waals surface area contributed by atoms with Gasteiger partial charge in [-0.2, -0.15) is 0 Å². The summed E-state index contributed by atoms with van der Waals surface area (Å²) < 4.78 is 25.7. The first-order valence-electron chi connectivity index (χ1n) is 5.56. The minimum absolute atomic E-state index is 0.116. The Labute approximate surface area is 107 Å². The lowest BCUT2D eigenvalue weighted by atomic mass is 10.1. The zero-order chi connectivity index (χ0) is 13.1. The number of hydrogen-bond donors (Lipinski definition) is 1. The second-order valence-electron chi connectivity index (χ2n) is 4.21. The molecule has 0 aromatic carbocycles. The van der Waals surface area contributed by atoms with Crippen LogP contribution in [0.1, 0.15) is 25.1 Å². The summed E-state index contributed by atoms with van der Waals surface area (Å²) in [7, 11) is -1.81. The van der Waals surface area contributed by atoms with Gasteiger partial charge < -0.3 is 5.11 Å². The van der Waals surface area contributed by atoms with Gasteiger partial charge in [-0.1, -0.05) is 20.3 Å². The molecule has 0 fully saturated rings. The second kappa shape index (κ2) is 5.95. The van der Waals surface area contributed by atoms with Crippen molar-refractivity contribution in [2.45, 2.75) is 31.8 Å². The molecule has 0 saturated carbocycles. The largest absolute Gasteiger partial charge is 0.391 e. The van der Waals surface area contributed by atoms with Crippen LogP contribution in [0.4, 0.5) is 0 Å². The summed E-state index contributed by atoms with van der Waals surface area (Å²) in [5, 5.41) is 10.5. The van der Waals surface area contributed by atoms with Crippen LogP contribution in [0.15, 0.2) is 16.3 Å². The molecule has 17 heavy (non-hydrogen) atoms. The van der Waals surface area contributed by atoms with Gasteiger partial charge in [-0.25, -0.2) is 12.7 Å². The number of hydrogen-bond acceptors (Lipinski definition) is 4. The second-order valence-corrected chi connectivity index (χ2v) is 7.25. The molecule has 0 bridgehead atoms. The van der Waals surface area contributed by atoms with Crippen molar-refractivity contribution in [2.75, 3.05) is 13.6 Å². The highest BCUT2D eigenvalue weighted by atomic mass is 32.2. The summed E-state index contributed by atoms with van der Waals surface area (Å²) in [6.07, 6.45) is 0.950. The van der Waals surface area contributed by atoms with Gasteiger partial charge >= 0.3 is 0 Å². The molecule has 1 N–H and O–H groups in total. The average molecular weight is 277 g/mol. The summed E-state index contributed by atoms with van der Waals surface area (Å²) in [4.78, 5) is 0.942. The SMILES string of the molecule is CCC(C)CN(C)S(=O)(=O)c1csc(CO)c1. The molecule has 1 unspecified atom stereocenters. The van der Waals surface area contributed by atoms with Crippen molar-refractivity contribution in [3.63, 3.8) is 0 Å². The Morgan fingerprint density at radius 3 is 2.65 bits per heavy atom. The van der Waals surface area contributed by atoms with Crippen molar-refractivity contribution in [3.8, 4) is 0 Å². The van der Waals surface area contributed by atoms with E-state index in [4.69, 9.17) is 5.11 Å². The zero-order valence-electron chi connectivity index (χ0n) is 10.4. The maximum atomic E-state index is 12.2. The summed E-state index contributed by atoms with van der Waals surface area (Å²) in [5.41, 5.74) is 0. The fraction of sp³-hybridized carbons (Fsp3) is 0.636. The molecule has 0 radical (unpaired) electrons. The minimum Gasteiger partial charge on any atom is -0.391 e. The molecule has 1 aromatic heterocycles. The molecule has 98 valence electrons. The van der Waals surface area contributed by atoms with Crippen molar-refractivity contribution >= 4 is 21.4 Å². The highest BCUT2D eigenvalue weighted by Crippen LogP contribution is 2.22. The van der Waals surface area contributed by atoms with Gasteiger partial charge in [0.2, 0.25) is 10.0 Å². The molecule has 1 atom stereocenters. The minimum atomic E-state index is -3.40. The summed E-state index contributed by atoms with van der Waals surface area (Å²) in [5.74, 6) is 0.339. The Hall–Kier alpha value is -0.430. The first kappa shape index (κ1) is 14.6. The maximum Gasteiger partial charge on any atom is 0.243 e. The third-order valence-corrected chi connectivity index (χ3v) is 5.63. The molecular weight excluding hydrogens is 258 g/mol. The van der Waals surface area contributed by atoms with E-state index in [1.54, 1.807) is 12.4 Å². The number of thiophene rings is 1. The monoisotopic (exact) mass is 277 g/mol. The topological polar surface area (TPSA) is 57.6 Å². The molecule has 0 aliphatic heterocycles. The van der Waals surface area contributed by atoms with Gasteiger partial charge in [0, 0.05) is 23.8 Å². The van der Waals surface area contributed by atoms with Gasteiger partial charge in [-0.05, 0) is 12.0 Å². The molecule has 0 aliphatic rings. The lowest BCUT2D eigenvalue weighted by Gasteiger charge is -2.19. The Balaban J connectivity index is 2.87. The summed E-state index contributed by atoms with van der Waals surface area (Å²) in [6.45, 7) is 4.47. The van der Waals surface area contributed by atoms with E-state index in [9.17, 15) is 8.42 Å². The van der Waals surface area contributed by atoms with E-state index in [0.29, 0.717) is 17.3 Å². The Bertz CT molecular complexity index is 453. The number of sulfonamides is 1. The standard InChI is InChI=1S/C11H19NO3S2/c1-4-9(2)6-12(3)17(14,15)11-5-10(7-13)16-8-11/h5,8-9,13H,4,6-7H2,1-3H3. The van der Waals surface area contributed by atoms with Crippen molar-refractivity contribution in [1.29, 1.82) is 0 Å². The number of rotatable bonds is 6. The Kier molecular flexibility index (Phi) is 5.12. The quantitative estimate of drug-likeness (QED) is 0.864. The molecule has 0 spiro atoms. The van der Waals surface area contributed by atoms with Crippen LogP contribution in [0.5, 0.6) is 0 Å². The third kappa shape index (κ3) is 3.51. The van der Waals surface area contributed by atoms with E-state index >= 15 is 0 Å². The summed E-state index contributed by atoms with van der Waals surface area (Å²) >= 11 is 1.26. The number of nitrogens with zero attached hydrogens (tertiary/aromatic N) is 1. The van der Waals surface area contributed by atoms with Crippen LogP contribution in [-0.2, 0) is 16.6 Å². The number of aliphatic hydroxyl groups excluding tert-OH is 1. The Morgan fingerprint density at radius 1 is 1.53 bits per heavy atom. The van der Waals surface area contributed by atoms with Gasteiger partial charge in [0.15, 0.2) is 0 Å². The van der Waals surface area contributed by atoms with E-state index < -0.39 is 10.0 Å². The molecule has 1 aromatic rings. The van der Waals surface area contributed by atoms with Crippen LogP contribution in [0.25, 0.3) is 0 Å². The van der Waals surface area contributed by atoms with Crippen molar-refractivity contribution < 1.29 is 13.5 Å². The predicted molar refractivity (Wildman–Crippen MR) is 69.5 cm³/mol. The molecule has 4 nitrogen and oxygen atoms in total. The smallest absolute Gasteiger partial charge is 0.243 e. The highest BCUT2D eigenvalue weighted by molar-refractivity contribution is 7.89. The van der Waals surface area contributed by atoms with E-state index in [2.05, 4.69) is 0 Å². The molecule has 1 rings (SSSR count).